The third-order valence-electron chi connectivity index (χ3n) is 6.20. The smallest absolute Gasteiger partial charge is 0.264 e. The van der Waals surface area contributed by atoms with Crippen LogP contribution in [0.1, 0.15) is 87.4 Å². The molecule has 0 saturated heterocycles. The summed E-state index contributed by atoms with van der Waals surface area (Å²) in [6.07, 6.45) is 14.3. The topological polar surface area (TPSA) is 121 Å². The van der Waals surface area contributed by atoms with Gasteiger partial charge in [0.25, 0.3) is 15.9 Å². The van der Waals surface area contributed by atoms with Crippen molar-refractivity contribution in [1.29, 1.82) is 0 Å². The van der Waals surface area contributed by atoms with Gasteiger partial charge >= 0.3 is 0 Å². The summed E-state index contributed by atoms with van der Waals surface area (Å²) >= 11 is 0. The molecule has 0 spiro atoms. The van der Waals surface area contributed by atoms with E-state index in [9.17, 15) is 21.6 Å². The summed E-state index contributed by atoms with van der Waals surface area (Å²) in [6, 6.07) is 14.5. The Bertz CT molecular complexity index is 1280. The highest BCUT2D eigenvalue weighted by atomic mass is 32.2. The molecular weight excluding hydrogens is 546 g/mol. The van der Waals surface area contributed by atoms with Gasteiger partial charge in [-0.05, 0) is 55.7 Å². The first-order valence-corrected chi connectivity index (χ1v) is 17.4. The molecule has 0 aliphatic rings. The Morgan fingerprint density at radius 2 is 1.23 bits per heavy atom. The fourth-order valence-corrected chi connectivity index (χ4v) is 5.51. The van der Waals surface area contributed by atoms with E-state index in [-0.39, 0.29) is 10.5 Å². The fraction of sp³-hybridized carbons (Fsp3) is 0.500. The standard InChI is InChI=1S/C30H43N3O5S2/c1-39(35,36)32-26-18-13-11-9-7-5-3-2-4-6-8-10-12-17-25-31-28-23-21-27(22-24-28)30(34)33-40(37,38)29-19-15-14-16-20-29/h14-16,19-24,31-32H,2-7,9,11-13,17-18,25-26H2,1H3,(H,33,34). The van der Waals surface area contributed by atoms with Crippen LogP contribution >= 0.6 is 0 Å². The Morgan fingerprint density at radius 3 is 1.82 bits per heavy atom. The van der Waals surface area contributed by atoms with Gasteiger partial charge < -0.3 is 5.32 Å². The number of hydrogen-bond donors (Lipinski definition) is 3. The molecule has 40 heavy (non-hydrogen) atoms. The summed E-state index contributed by atoms with van der Waals surface area (Å²) in [7, 11) is -6.96. The molecule has 0 radical (unpaired) electrons. The third kappa shape index (κ3) is 15.1. The lowest BCUT2D eigenvalue weighted by atomic mass is 10.1. The van der Waals surface area contributed by atoms with Crippen LogP contribution in [0.4, 0.5) is 5.69 Å². The van der Waals surface area contributed by atoms with E-state index in [1.54, 1.807) is 42.5 Å². The molecule has 2 aromatic rings. The van der Waals surface area contributed by atoms with Gasteiger partial charge in [0.2, 0.25) is 10.0 Å². The molecule has 10 heteroatoms. The van der Waals surface area contributed by atoms with Gasteiger partial charge in [0.1, 0.15) is 0 Å². The third-order valence-corrected chi connectivity index (χ3v) is 8.28. The van der Waals surface area contributed by atoms with Crippen molar-refractivity contribution in [3.8, 4) is 11.8 Å². The lowest BCUT2D eigenvalue weighted by Gasteiger charge is -2.08. The molecule has 0 aliphatic carbocycles. The minimum absolute atomic E-state index is 0.0448. The van der Waals surface area contributed by atoms with E-state index in [0.717, 1.165) is 57.2 Å². The number of anilines is 1. The Labute approximate surface area is 240 Å². The van der Waals surface area contributed by atoms with Crippen LogP contribution in [0.15, 0.2) is 59.5 Å². The van der Waals surface area contributed by atoms with E-state index in [4.69, 9.17) is 0 Å². The number of nitrogens with one attached hydrogen (secondary N) is 3. The average molecular weight is 590 g/mol. The summed E-state index contributed by atoms with van der Waals surface area (Å²) in [6.45, 7) is 1.30. The van der Waals surface area contributed by atoms with Crippen LogP contribution < -0.4 is 14.8 Å². The van der Waals surface area contributed by atoms with Crippen molar-refractivity contribution in [2.24, 2.45) is 0 Å². The molecule has 1 amide bonds. The summed E-state index contributed by atoms with van der Waals surface area (Å²) in [5.41, 5.74) is 1.13. The largest absolute Gasteiger partial charge is 0.385 e. The Hall–Kier alpha value is -2.87. The predicted molar refractivity (Wildman–Crippen MR) is 162 cm³/mol. The maximum atomic E-state index is 12.4. The molecule has 0 saturated carbocycles. The summed E-state index contributed by atoms with van der Waals surface area (Å²) < 4.78 is 51.2. The minimum atomic E-state index is -3.90. The number of unbranched alkanes of at least 4 members (excludes halogenated alkanes) is 10. The summed E-state index contributed by atoms with van der Waals surface area (Å²) in [4.78, 5) is 12.4. The zero-order chi connectivity index (χ0) is 29.1. The quantitative estimate of drug-likeness (QED) is 0.148. The van der Waals surface area contributed by atoms with Gasteiger partial charge in [0.15, 0.2) is 0 Å². The van der Waals surface area contributed by atoms with Gasteiger partial charge in [-0.25, -0.2) is 26.3 Å². The number of amides is 1. The lowest BCUT2D eigenvalue weighted by Crippen LogP contribution is -2.30. The molecule has 0 unspecified atom stereocenters. The van der Waals surface area contributed by atoms with Crippen molar-refractivity contribution in [3.63, 3.8) is 0 Å². The first kappa shape index (κ1) is 33.3. The van der Waals surface area contributed by atoms with Crippen LogP contribution in [0.5, 0.6) is 0 Å². The van der Waals surface area contributed by atoms with E-state index in [2.05, 4.69) is 26.6 Å². The second-order valence-corrected chi connectivity index (χ2v) is 13.3. The molecule has 0 aromatic heterocycles. The molecule has 0 atom stereocenters. The van der Waals surface area contributed by atoms with Crippen molar-refractivity contribution in [3.05, 3.63) is 60.2 Å². The molecule has 0 bridgehead atoms. The lowest BCUT2D eigenvalue weighted by molar-refractivity contribution is 0.0981. The molecule has 2 aromatic carbocycles. The highest BCUT2D eigenvalue weighted by Gasteiger charge is 2.18. The zero-order valence-electron chi connectivity index (χ0n) is 23.5. The van der Waals surface area contributed by atoms with E-state index in [1.165, 1.54) is 50.5 Å². The normalized spacial score (nSPS) is 11.4. The summed E-state index contributed by atoms with van der Waals surface area (Å²) in [5.74, 6) is 5.82. The average Bonchev–Trinajstić information content (AvgIpc) is 2.92. The van der Waals surface area contributed by atoms with Crippen molar-refractivity contribution in [2.75, 3.05) is 24.7 Å². The van der Waals surface area contributed by atoms with Crippen LogP contribution in [0.25, 0.3) is 0 Å². The molecule has 2 rings (SSSR count). The van der Waals surface area contributed by atoms with E-state index in [0.29, 0.717) is 6.54 Å². The molecule has 8 nitrogen and oxygen atoms in total. The number of carbonyl (C=O) groups excluding carboxylic acids is 1. The number of hydrogen-bond acceptors (Lipinski definition) is 6. The Balaban J connectivity index is 1.47. The van der Waals surface area contributed by atoms with Gasteiger partial charge in [-0.3, -0.25) is 4.79 Å². The second-order valence-electron chi connectivity index (χ2n) is 9.81. The van der Waals surface area contributed by atoms with Crippen molar-refractivity contribution >= 4 is 31.6 Å². The summed E-state index contributed by atoms with van der Waals surface area (Å²) in [5, 5.41) is 3.30. The van der Waals surface area contributed by atoms with Crippen molar-refractivity contribution in [1.82, 2.24) is 9.44 Å². The van der Waals surface area contributed by atoms with E-state index in [1.807, 2.05) is 0 Å². The van der Waals surface area contributed by atoms with Gasteiger partial charge in [-0.2, -0.15) is 0 Å². The number of rotatable bonds is 19. The highest BCUT2D eigenvalue weighted by Crippen LogP contribution is 2.13. The van der Waals surface area contributed by atoms with Crippen LogP contribution in [-0.2, 0) is 20.0 Å². The first-order chi connectivity index (χ1) is 19.2. The maximum Gasteiger partial charge on any atom is 0.264 e. The fourth-order valence-electron chi connectivity index (χ4n) is 4.00. The van der Waals surface area contributed by atoms with E-state index >= 15 is 0 Å². The van der Waals surface area contributed by atoms with Crippen LogP contribution in [0.2, 0.25) is 0 Å². The molecule has 220 valence electrons. The number of benzene rings is 2. The minimum Gasteiger partial charge on any atom is -0.385 e. The number of sulfonamides is 2. The van der Waals surface area contributed by atoms with Crippen molar-refractivity contribution in [2.45, 2.75) is 81.9 Å². The Morgan fingerprint density at radius 1 is 0.675 bits per heavy atom. The Kier molecular flexibility index (Phi) is 15.4. The number of carbonyl (C=O) groups is 1. The monoisotopic (exact) mass is 589 g/mol. The van der Waals surface area contributed by atoms with Crippen LogP contribution in [0, 0.1) is 11.8 Å². The van der Waals surface area contributed by atoms with Gasteiger partial charge in [-0.1, -0.05) is 63.1 Å². The zero-order valence-corrected chi connectivity index (χ0v) is 25.1. The molecule has 0 heterocycles. The first-order valence-electron chi connectivity index (χ1n) is 14.0. The van der Waals surface area contributed by atoms with Gasteiger partial charge in [0.05, 0.1) is 11.2 Å². The predicted octanol–water partition coefficient (Wildman–Crippen LogP) is 5.45. The van der Waals surface area contributed by atoms with Gasteiger partial charge in [0, 0.05) is 37.2 Å². The van der Waals surface area contributed by atoms with Crippen LogP contribution in [0.3, 0.4) is 0 Å². The van der Waals surface area contributed by atoms with E-state index < -0.39 is 26.0 Å². The second kappa shape index (κ2) is 18.5. The van der Waals surface area contributed by atoms with Crippen molar-refractivity contribution < 1.29 is 21.6 Å². The van der Waals surface area contributed by atoms with Crippen LogP contribution in [-0.4, -0.2) is 42.1 Å². The molecule has 3 N–H and O–H groups in total. The molecular formula is C30H43N3O5S2. The SMILES string of the molecule is CS(=O)(=O)NCCCCCCCCCCCC#CCCCNc1ccc(C(=O)NS(=O)(=O)c2ccccc2)cc1. The molecule has 0 fully saturated rings. The molecule has 0 aliphatic heterocycles. The maximum absolute atomic E-state index is 12.4. The van der Waals surface area contributed by atoms with Gasteiger partial charge in [-0.15, -0.1) is 11.8 Å². The highest BCUT2D eigenvalue weighted by molar-refractivity contribution is 7.90.